The van der Waals surface area contributed by atoms with Crippen molar-refractivity contribution in [1.29, 1.82) is 0 Å². The second-order valence-electron chi connectivity index (χ2n) is 7.53. The van der Waals surface area contributed by atoms with Crippen molar-refractivity contribution in [2.75, 3.05) is 13.1 Å². The number of likely N-dealkylation sites (tertiary alicyclic amines) is 1. The molecular formula is C22H20N6O3. The van der Waals surface area contributed by atoms with Crippen LogP contribution >= 0.6 is 0 Å². The van der Waals surface area contributed by atoms with Crippen LogP contribution in [0.25, 0.3) is 16.6 Å². The van der Waals surface area contributed by atoms with E-state index in [4.69, 9.17) is 0 Å². The van der Waals surface area contributed by atoms with Crippen molar-refractivity contribution in [3.63, 3.8) is 0 Å². The van der Waals surface area contributed by atoms with E-state index >= 15 is 0 Å². The topological polar surface area (TPSA) is 106 Å². The molecule has 156 valence electrons. The highest BCUT2D eigenvalue weighted by molar-refractivity contribution is 5.92. The highest BCUT2D eigenvalue weighted by Crippen LogP contribution is 2.21. The number of aromatic amines is 1. The van der Waals surface area contributed by atoms with Crippen molar-refractivity contribution in [3.8, 4) is 5.69 Å². The first kappa shape index (κ1) is 19.0. The molecule has 2 aromatic heterocycles. The standard InChI is InChI=1S/C22H20N6O3/c29-20-17-8-4-5-9-18(17)24-22(31)27(20)15-10-12-26(13-11-15)21(30)19-14-23-28(25-19)16-6-2-1-3-7-16/h1-9,14-15H,10-13H2,(H,24,31). The van der Waals surface area contributed by atoms with Crippen molar-refractivity contribution in [2.45, 2.75) is 18.9 Å². The van der Waals surface area contributed by atoms with E-state index in [0.29, 0.717) is 36.8 Å². The molecule has 9 nitrogen and oxygen atoms in total. The summed E-state index contributed by atoms with van der Waals surface area (Å²) in [5.74, 6) is -0.208. The van der Waals surface area contributed by atoms with Crippen LogP contribution in [0.2, 0.25) is 0 Å². The Labute approximate surface area is 176 Å². The van der Waals surface area contributed by atoms with Crippen molar-refractivity contribution in [1.82, 2.24) is 29.4 Å². The first-order chi connectivity index (χ1) is 15.1. The van der Waals surface area contributed by atoms with Gasteiger partial charge in [0.15, 0.2) is 5.69 Å². The molecule has 4 aromatic rings. The SMILES string of the molecule is O=C(c1cnn(-c2ccccc2)n1)N1CCC(n2c(=O)[nH]c3ccccc3c2=O)CC1. The van der Waals surface area contributed by atoms with Gasteiger partial charge in [-0.2, -0.15) is 9.90 Å². The van der Waals surface area contributed by atoms with Gasteiger partial charge >= 0.3 is 5.69 Å². The number of nitrogens with zero attached hydrogens (tertiary/aromatic N) is 5. The highest BCUT2D eigenvalue weighted by atomic mass is 16.2. The number of piperidine rings is 1. The summed E-state index contributed by atoms with van der Waals surface area (Å²) in [6.07, 6.45) is 2.49. The van der Waals surface area contributed by atoms with E-state index in [2.05, 4.69) is 15.2 Å². The molecule has 0 bridgehead atoms. The number of fused-ring (bicyclic) bond motifs is 1. The van der Waals surface area contributed by atoms with Crippen molar-refractivity contribution in [3.05, 3.63) is 87.3 Å². The van der Waals surface area contributed by atoms with Gasteiger partial charge in [0, 0.05) is 19.1 Å². The Balaban J connectivity index is 1.33. The molecule has 1 N–H and O–H groups in total. The van der Waals surface area contributed by atoms with Gasteiger partial charge in [0.25, 0.3) is 11.5 Å². The van der Waals surface area contributed by atoms with Gasteiger partial charge < -0.3 is 9.88 Å². The molecule has 1 aliphatic heterocycles. The van der Waals surface area contributed by atoms with Crippen LogP contribution < -0.4 is 11.2 Å². The molecule has 5 rings (SSSR count). The zero-order valence-corrected chi connectivity index (χ0v) is 16.6. The van der Waals surface area contributed by atoms with Gasteiger partial charge in [0.1, 0.15) is 0 Å². The Morgan fingerprint density at radius 2 is 1.68 bits per heavy atom. The lowest BCUT2D eigenvalue weighted by atomic mass is 10.0. The lowest BCUT2D eigenvalue weighted by molar-refractivity contribution is 0.0685. The molecule has 0 aliphatic carbocycles. The number of aromatic nitrogens is 5. The Morgan fingerprint density at radius 1 is 0.968 bits per heavy atom. The Morgan fingerprint density at radius 3 is 2.45 bits per heavy atom. The summed E-state index contributed by atoms with van der Waals surface area (Å²) in [7, 11) is 0. The predicted molar refractivity (Wildman–Crippen MR) is 114 cm³/mol. The molecular weight excluding hydrogens is 396 g/mol. The smallest absolute Gasteiger partial charge is 0.329 e. The Hall–Kier alpha value is -4.01. The quantitative estimate of drug-likeness (QED) is 0.548. The molecule has 0 atom stereocenters. The number of hydrogen-bond donors (Lipinski definition) is 1. The number of para-hydroxylation sites is 2. The monoisotopic (exact) mass is 416 g/mol. The maximum atomic E-state index is 12.9. The number of H-pyrrole nitrogens is 1. The van der Waals surface area contributed by atoms with Crippen LogP contribution in [0.4, 0.5) is 0 Å². The first-order valence-electron chi connectivity index (χ1n) is 10.1. The fraction of sp³-hybridized carbons (Fsp3) is 0.227. The minimum Gasteiger partial charge on any atom is -0.337 e. The average molecular weight is 416 g/mol. The van der Waals surface area contributed by atoms with Gasteiger partial charge in [0.05, 0.1) is 22.8 Å². The van der Waals surface area contributed by atoms with E-state index < -0.39 is 5.69 Å². The molecule has 1 saturated heterocycles. The van der Waals surface area contributed by atoms with E-state index in [9.17, 15) is 14.4 Å². The zero-order chi connectivity index (χ0) is 21.4. The van der Waals surface area contributed by atoms with Gasteiger partial charge in [-0.3, -0.25) is 14.2 Å². The summed E-state index contributed by atoms with van der Waals surface area (Å²) in [5.41, 5.74) is 0.857. The van der Waals surface area contributed by atoms with Crippen molar-refractivity contribution in [2.24, 2.45) is 0 Å². The second kappa shape index (κ2) is 7.67. The normalized spacial score (nSPS) is 14.8. The van der Waals surface area contributed by atoms with Crippen LogP contribution in [0.3, 0.4) is 0 Å². The van der Waals surface area contributed by atoms with Gasteiger partial charge in [-0.1, -0.05) is 30.3 Å². The summed E-state index contributed by atoms with van der Waals surface area (Å²) < 4.78 is 1.29. The maximum absolute atomic E-state index is 12.9. The molecule has 1 aliphatic rings. The minimum atomic E-state index is -0.417. The third kappa shape index (κ3) is 3.43. The van der Waals surface area contributed by atoms with E-state index in [-0.39, 0.29) is 23.2 Å². The Bertz CT molecular complexity index is 1360. The number of hydrogen-bond acceptors (Lipinski definition) is 5. The lowest BCUT2D eigenvalue weighted by Gasteiger charge is -2.32. The fourth-order valence-electron chi connectivity index (χ4n) is 4.04. The average Bonchev–Trinajstić information content (AvgIpc) is 3.30. The molecule has 3 heterocycles. The number of benzene rings is 2. The molecule has 0 spiro atoms. The highest BCUT2D eigenvalue weighted by Gasteiger charge is 2.28. The van der Waals surface area contributed by atoms with Crippen LogP contribution in [0.15, 0.2) is 70.4 Å². The lowest BCUT2D eigenvalue weighted by Crippen LogP contribution is -2.45. The van der Waals surface area contributed by atoms with Crippen LogP contribution in [0.5, 0.6) is 0 Å². The number of carbonyl (C=O) groups is 1. The summed E-state index contributed by atoms with van der Waals surface area (Å²) in [5, 5.41) is 8.97. The second-order valence-corrected chi connectivity index (χ2v) is 7.53. The van der Waals surface area contributed by atoms with E-state index in [1.807, 2.05) is 30.3 Å². The molecule has 0 radical (unpaired) electrons. The number of amides is 1. The van der Waals surface area contributed by atoms with Gasteiger partial charge in [-0.05, 0) is 37.1 Å². The maximum Gasteiger partial charge on any atom is 0.329 e. The Kier molecular flexibility index (Phi) is 4.70. The van der Waals surface area contributed by atoms with Crippen LogP contribution in [-0.4, -0.2) is 48.4 Å². The number of carbonyl (C=O) groups excluding carboxylic acids is 1. The molecule has 0 saturated carbocycles. The minimum absolute atomic E-state index is 0.208. The predicted octanol–water partition coefficient (Wildman–Crippen LogP) is 1.75. The number of nitrogens with one attached hydrogen (secondary N) is 1. The zero-order valence-electron chi connectivity index (χ0n) is 16.6. The van der Waals surface area contributed by atoms with E-state index in [1.165, 1.54) is 15.6 Å². The molecule has 0 unspecified atom stereocenters. The largest absolute Gasteiger partial charge is 0.337 e. The van der Waals surface area contributed by atoms with Crippen LogP contribution in [0, 0.1) is 0 Å². The first-order valence-corrected chi connectivity index (χ1v) is 10.1. The summed E-state index contributed by atoms with van der Waals surface area (Å²) in [4.78, 5) is 44.2. The van der Waals surface area contributed by atoms with Crippen molar-refractivity contribution >= 4 is 16.8 Å². The van der Waals surface area contributed by atoms with E-state index in [1.54, 1.807) is 29.2 Å². The van der Waals surface area contributed by atoms with Gasteiger partial charge in [0.2, 0.25) is 0 Å². The molecule has 1 fully saturated rings. The third-order valence-corrected chi connectivity index (χ3v) is 5.65. The van der Waals surface area contributed by atoms with E-state index in [0.717, 1.165) is 5.69 Å². The fourth-order valence-corrected chi connectivity index (χ4v) is 4.04. The van der Waals surface area contributed by atoms with Gasteiger partial charge in [-0.25, -0.2) is 4.79 Å². The molecule has 2 aromatic carbocycles. The van der Waals surface area contributed by atoms with Crippen LogP contribution in [0.1, 0.15) is 29.4 Å². The number of rotatable bonds is 3. The third-order valence-electron chi connectivity index (χ3n) is 5.65. The molecule has 31 heavy (non-hydrogen) atoms. The summed E-state index contributed by atoms with van der Waals surface area (Å²) >= 11 is 0. The summed E-state index contributed by atoms with van der Waals surface area (Å²) in [6.45, 7) is 0.862. The summed E-state index contributed by atoms with van der Waals surface area (Å²) in [6, 6.07) is 16.1. The molecule has 1 amide bonds. The molecule has 9 heteroatoms. The van der Waals surface area contributed by atoms with Crippen molar-refractivity contribution < 1.29 is 4.79 Å². The van der Waals surface area contributed by atoms with Gasteiger partial charge in [-0.15, -0.1) is 5.10 Å². The van der Waals surface area contributed by atoms with Crippen LogP contribution in [-0.2, 0) is 0 Å².